The average Bonchev–Trinajstić information content (AvgIpc) is 2.05. The minimum Gasteiger partial charge on any atom is -0.383 e. The van der Waals surface area contributed by atoms with Crippen molar-refractivity contribution in [3.63, 3.8) is 0 Å². The number of hydrogen-bond donors (Lipinski definition) is 1. The van der Waals surface area contributed by atoms with E-state index in [-0.39, 0.29) is 5.44 Å². The van der Waals surface area contributed by atoms with E-state index in [2.05, 4.69) is 19.1 Å². The second kappa shape index (κ2) is 4.53. The Balaban J connectivity index is 2.59. The van der Waals surface area contributed by atoms with Crippen LogP contribution in [0.25, 0.3) is 0 Å². The number of benzene rings is 1. The van der Waals surface area contributed by atoms with Crippen LogP contribution < -0.4 is 0 Å². The Kier molecular flexibility index (Phi) is 3.63. The number of aliphatic hydroxyl groups is 1. The van der Waals surface area contributed by atoms with Crippen molar-refractivity contribution in [3.8, 4) is 0 Å². The first kappa shape index (κ1) is 9.62. The lowest BCUT2D eigenvalue weighted by Gasteiger charge is -2.12. The van der Waals surface area contributed by atoms with Crippen LogP contribution in [-0.2, 0) is 0 Å². The molecule has 0 spiro atoms. The molecule has 0 aliphatic carbocycles. The molecule has 1 nitrogen and oxygen atoms in total. The Morgan fingerprint density at radius 2 is 1.75 bits per heavy atom. The van der Waals surface area contributed by atoms with Gasteiger partial charge in [-0.15, -0.1) is 11.8 Å². The molecular weight excluding hydrogens is 168 g/mol. The zero-order valence-electron chi connectivity index (χ0n) is 7.40. The summed E-state index contributed by atoms with van der Waals surface area (Å²) in [5, 5.41) is 9.51. The summed E-state index contributed by atoms with van der Waals surface area (Å²) in [4.78, 5) is 0. The van der Waals surface area contributed by atoms with Crippen LogP contribution in [0.3, 0.4) is 0 Å². The van der Waals surface area contributed by atoms with Gasteiger partial charge in [0.05, 0.1) is 5.44 Å². The highest BCUT2D eigenvalue weighted by atomic mass is 32.2. The third-order valence-corrected chi connectivity index (χ3v) is 2.74. The first-order valence-electron chi connectivity index (χ1n) is 4.08. The second-order valence-corrected chi connectivity index (χ2v) is 4.45. The van der Waals surface area contributed by atoms with Crippen molar-refractivity contribution >= 4 is 11.8 Å². The minimum atomic E-state index is -0.291. The summed E-state index contributed by atoms with van der Waals surface area (Å²) in [5.74, 6) is 0. The molecule has 0 heterocycles. The molecule has 0 aliphatic rings. The quantitative estimate of drug-likeness (QED) is 0.725. The molecule has 0 fully saturated rings. The molecular formula is C10H14OS. The highest BCUT2D eigenvalue weighted by molar-refractivity contribution is 7.99. The summed E-state index contributed by atoms with van der Waals surface area (Å²) in [6.07, 6.45) is 0. The molecule has 0 aliphatic heterocycles. The molecule has 0 amide bonds. The van der Waals surface area contributed by atoms with Gasteiger partial charge < -0.3 is 5.11 Å². The fraction of sp³-hybridized carbons (Fsp3) is 0.400. The number of thioether (sulfide) groups is 1. The second-order valence-electron chi connectivity index (χ2n) is 2.79. The molecule has 1 rings (SSSR count). The van der Waals surface area contributed by atoms with Crippen LogP contribution in [0.15, 0.2) is 30.3 Å². The van der Waals surface area contributed by atoms with Crippen molar-refractivity contribution in [1.82, 2.24) is 0 Å². The SMILES string of the molecule is CC(O)SC(C)c1ccccc1. The van der Waals surface area contributed by atoms with Gasteiger partial charge in [0.15, 0.2) is 0 Å². The van der Waals surface area contributed by atoms with Gasteiger partial charge in [0.25, 0.3) is 0 Å². The molecule has 0 saturated carbocycles. The lowest BCUT2D eigenvalue weighted by molar-refractivity contribution is 0.283. The fourth-order valence-corrected chi connectivity index (χ4v) is 2.00. The van der Waals surface area contributed by atoms with Crippen LogP contribution in [0, 0.1) is 0 Å². The van der Waals surface area contributed by atoms with Crippen LogP contribution >= 0.6 is 11.8 Å². The standard InChI is InChI=1S/C10H14OS/c1-8(12-9(2)11)10-6-4-3-5-7-10/h3-9,11H,1-2H3. The molecule has 1 N–H and O–H groups in total. The van der Waals surface area contributed by atoms with Crippen LogP contribution in [0.4, 0.5) is 0 Å². The van der Waals surface area contributed by atoms with E-state index in [1.165, 1.54) is 5.56 Å². The lowest BCUT2D eigenvalue weighted by Crippen LogP contribution is -1.97. The monoisotopic (exact) mass is 182 g/mol. The van der Waals surface area contributed by atoms with E-state index >= 15 is 0 Å². The normalized spacial score (nSPS) is 15.6. The van der Waals surface area contributed by atoms with Gasteiger partial charge in [-0.25, -0.2) is 0 Å². The molecule has 2 unspecified atom stereocenters. The predicted molar refractivity (Wildman–Crippen MR) is 54.1 cm³/mol. The van der Waals surface area contributed by atoms with Crippen molar-refractivity contribution in [2.24, 2.45) is 0 Å². The minimum absolute atomic E-state index is 0.291. The van der Waals surface area contributed by atoms with E-state index in [1.807, 2.05) is 18.2 Å². The Hall–Kier alpha value is -0.470. The van der Waals surface area contributed by atoms with E-state index < -0.39 is 0 Å². The predicted octanol–water partition coefficient (Wildman–Crippen LogP) is 2.82. The van der Waals surface area contributed by atoms with Crippen molar-refractivity contribution in [1.29, 1.82) is 0 Å². The number of aliphatic hydroxyl groups excluding tert-OH is 1. The van der Waals surface area contributed by atoms with E-state index in [0.717, 1.165) is 0 Å². The molecule has 0 bridgehead atoms. The van der Waals surface area contributed by atoms with Crippen LogP contribution in [0.2, 0.25) is 0 Å². The van der Waals surface area contributed by atoms with E-state index in [4.69, 9.17) is 5.11 Å². The van der Waals surface area contributed by atoms with E-state index in [1.54, 1.807) is 18.7 Å². The number of rotatable bonds is 3. The summed E-state index contributed by atoms with van der Waals surface area (Å²) in [6, 6.07) is 10.2. The van der Waals surface area contributed by atoms with Gasteiger partial charge in [0, 0.05) is 5.25 Å². The topological polar surface area (TPSA) is 20.2 Å². The maximum atomic E-state index is 9.15. The summed E-state index contributed by atoms with van der Waals surface area (Å²) >= 11 is 1.56. The zero-order chi connectivity index (χ0) is 8.97. The molecule has 0 radical (unpaired) electrons. The summed E-state index contributed by atoms with van der Waals surface area (Å²) in [6.45, 7) is 3.90. The van der Waals surface area contributed by atoms with Crippen LogP contribution in [0.5, 0.6) is 0 Å². The van der Waals surface area contributed by atoms with E-state index in [0.29, 0.717) is 5.25 Å². The first-order valence-corrected chi connectivity index (χ1v) is 5.03. The third-order valence-electron chi connectivity index (χ3n) is 1.67. The van der Waals surface area contributed by atoms with Crippen LogP contribution in [-0.4, -0.2) is 10.5 Å². The average molecular weight is 182 g/mol. The first-order chi connectivity index (χ1) is 5.70. The van der Waals surface area contributed by atoms with Gasteiger partial charge in [-0.05, 0) is 19.4 Å². The zero-order valence-corrected chi connectivity index (χ0v) is 8.21. The molecule has 1 aromatic carbocycles. The van der Waals surface area contributed by atoms with Crippen molar-refractivity contribution in [2.45, 2.75) is 24.5 Å². The van der Waals surface area contributed by atoms with Gasteiger partial charge >= 0.3 is 0 Å². The lowest BCUT2D eigenvalue weighted by atomic mass is 10.2. The molecule has 1 aromatic rings. The third kappa shape index (κ3) is 2.88. The fourth-order valence-electron chi connectivity index (χ4n) is 1.10. The van der Waals surface area contributed by atoms with Crippen molar-refractivity contribution in [2.75, 3.05) is 0 Å². The molecule has 12 heavy (non-hydrogen) atoms. The van der Waals surface area contributed by atoms with Gasteiger partial charge in [-0.1, -0.05) is 30.3 Å². The van der Waals surface area contributed by atoms with Crippen LogP contribution in [0.1, 0.15) is 24.7 Å². The maximum absolute atomic E-state index is 9.15. The molecule has 2 heteroatoms. The largest absolute Gasteiger partial charge is 0.383 e. The van der Waals surface area contributed by atoms with Gasteiger partial charge in [-0.3, -0.25) is 0 Å². The molecule has 66 valence electrons. The molecule has 0 aromatic heterocycles. The molecule has 2 atom stereocenters. The van der Waals surface area contributed by atoms with Gasteiger partial charge in [0.2, 0.25) is 0 Å². The summed E-state index contributed by atoms with van der Waals surface area (Å²) < 4.78 is 0. The van der Waals surface area contributed by atoms with E-state index in [9.17, 15) is 0 Å². The highest BCUT2D eigenvalue weighted by Gasteiger charge is 2.07. The van der Waals surface area contributed by atoms with Gasteiger partial charge in [0.1, 0.15) is 0 Å². The summed E-state index contributed by atoms with van der Waals surface area (Å²) in [5.41, 5.74) is 0.976. The Bertz CT molecular complexity index is 221. The Morgan fingerprint density at radius 3 is 2.25 bits per heavy atom. The Labute approximate surface area is 77.8 Å². The maximum Gasteiger partial charge on any atom is 0.0970 e. The molecule has 0 saturated heterocycles. The van der Waals surface area contributed by atoms with Crippen molar-refractivity contribution < 1.29 is 5.11 Å². The Morgan fingerprint density at radius 1 is 1.17 bits per heavy atom. The number of hydrogen-bond acceptors (Lipinski definition) is 2. The smallest absolute Gasteiger partial charge is 0.0970 e. The van der Waals surface area contributed by atoms with Gasteiger partial charge in [-0.2, -0.15) is 0 Å². The highest BCUT2D eigenvalue weighted by Crippen LogP contribution is 2.29. The van der Waals surface area contributed by atoms with Crippen molar-refractivity contribution in [3.05, 3.63) is 35.9 Å². The summed E-state index contributed by atoms with van der Waals surface area (Å²) in [7, 11) is 0.